The summed E-state index contributed by atoms with van der Waals surface area (Å²) in [4.78, 5) is 0. The molecule has 74 valence electrons. The zero-order chi connectivity index (χ0) is 9.52. The first-order chi connectivity index (χ1) is 6.38. The summed E-state index contributed by atoms with van der Waals surface area (Å²) < 4.78 is 0. The number of rotatable bonds is 5. The molecule has 0 nitrogen and oxygen atoms in total. The van der Waals surface area contributed by atoms with E-state index in [2.05, 4.69) is 32.1 Å². The van der Waals surface area contributed by atoms with Crippen LogP contribution in [0.4, 0.5) is 0 Å². The van der Waals surface area contributed by atoms with E-state index >= 15 is 0 Å². The molecule has 0 saturated heterocycles. The molecular weight excluding hydrogens is 156 g/mol. The Kier molecular flexibility index (Phi) is 4.88. The third-order valence-electron chi connectivity index (χ3n) is 2.97. The van der Waals surface area contributed by atoms with Crippen LogP contribution in [0.3, 0.4) is 0 Å². The normalized spacial score (nSPS) is 18.5. The van der Waals surface area contributed by atoms with E-state index < -0.39 is 0 Å². The first kappa shape index (κ1) is 10.6. The highest BCUT2D eigenvalue weighted by molar-refractivity contribution is 5.19. The Morgan fingerprint density at radius 3 is 2.77 bits per heavy atom. The molecule has 0 heterocycles. The van der Waals surface area contributed by atoms with Crippen LogP contribution < -0.4 is 0 Å². The maximum atomic E-state index is 2.34. The minimum atomic E-state index is 0.866. The Morgan fingerprint density at radius 2 is 2.23 bits per heavy atom. The number of unbranched alkanes of at least 4 members (excludes halogenated alkanes) is 1. The lowest BCUT2D eigenvalue weighted by Gasteiger charge is -2.19. The standard InChI is InChI=1S/C13H22/c1-3-5-9-12(4-2)13-10-7-6-8-11-13/h6-7,10,12H,3-5,8-9,11H2,1-2H3. The Bertz CT molecular complexity index is 186. The van der Waals surface area contributed by atoms with Gasteiger partial charge in [0.2, 0.25) is 0 Å². The van der Waals surface area contributed by atoms with Crippen LogP contribution >= 0.6 is 0 Å². The lowest BCUT2D eigenvalue weighted by Crippen LogP contribution is -2.04. The van der Waals surface area contributed by atoms with Gasteiger partial charge < -0.3 is 0 Å². The summed E-state index contributed by atoms with van der Waals surface area (Å²) in [5.74, 6) is 0.866. The molecule has 1 aliphatic rings. The van der Waals surface area contributed by atoms with Gasteiger partial charge in [-0.1, -0.05) is 50.5 Å². The molecule has 0 N–H and O–H groups in total. The third-order valence-corrected chi connectivity index (χ3v) is 2.97. The van der Waals surface area contributed by atoms with Crippen molar-refractivity contribution in [2.45, 2.75) is 52.4 Å². The summed E-state index contributed by atoms with van der Waals surface area (Å²) in [5.41, 5.74) is 1.69. The van der Waals surface area contributed by atoms with Gasteiger partial charge in [-0.15, -0.1) is 0 Å². The maximum absolute atomic E-state index is 2.34. The SMILES string of the molecule is CCCCC(CC)C1=CC=CCC1. The van der Waals surface area contributed by atoms with Crippen molar-refractivity contribution in [1.29, 1.82) is 0 Å². The fourth-order valence-corrected chi connectivity index (χ4v) is 2.06. The van der Waals surface area contributed by atoms with Crippen LogP contribution in [0.25, 0.3) is 0 Å². The summed E-state index contributed by atoms with van der Waals surface area (Å²) >= 11 is 0. The van der Waals surface area contributed by atoms with E-state index in [4.69, 9.17) is 0 Å². The number of hydrogen-bond donors (Lipinski definition) is 0. The molecule has 0 radical (unpaired) electrons. The zero-order valence-corrected chi connectivity index (χ0v) is 9.05. The molecule has 0 aliphatic heterocycles. The van der Waals surface area contributed by atoms with E-state index in [-0.39, 0.29) is 0 Å². The highest BCUT2D eigenvalue weighted by atomic mass is 14.2. The van der Waals surface area contributed by atoms with Gasteiger partial charge in [-0.2, -0.15) is 0 Å². The van der Waals surface area contributed by atoms with Crippen molar-refractivity contribution < 1.29 is 0 Å². The van der Waals surface area contributed by atoms with E-state index in [1.807, 2.05) is 0 Å². The van der Waals surface area contributed by atoms with Gasteiger partial charge in [-0.3, -0.25) is 0 Å². The van der Waals surface area contributed by atoms with Crippen molar-refractivity contribution >= 4 is 0 Å². The van der Waals surface area contributed by atoms with E-state index in [9.17, 15) is 0 Å². The molecule has 0 fully saturated rings. The molecule has 0 spiro atoms. The van der Waals surface area contributed by atoms with Gasteiger partial charge in [0, 0.05) is 0 Å². The minimum absolute atomic E-state index is 0.866. The van der Waals surface area contributed by atoms with E-state index in [0.717, 1.165) is 5.92 Å². The molecule has 0 amide bonds. The predicted octanol–water partition coefficient (Wildman–Crippen LogP) is 4.48. The first-order valence-corrected chi connectivity index (χ1v) is 5.74. The highest BCUT2D eigenvalue weighted by Crippen LogP contribution is 2.27. The molecular formula is C13H22. The number of hydrogen-bond acceptors (Lipinski definition) is 0. The lowest BCUT2D eigenvalue weighted by atomic mass is 9.86. The second-order valence-electron chi connectivity index (χ2n) is 3.96. The van der Waals surface area contributed by atoms with Gasteiger partial charge in [-0.25, -0.2) is 0 Å². The molecule has 0 aromatic heterocycles. The van der Waals surface area contributed by atoms with Gasteiger partial charge in [-0.05, 0) is 31.6 Å². The summed E-state index contributed by atoms with van der Waals surface area (Å²) in [5, 5.41) is 0. The molecule has 0 aromatic rings. The van der Waals surface area contributed by atoms with Gasteiger partial charge in [0.15, 0.2) is 0 Å². The second-order valence-corrected chi connectivity index (χ2v) is 3.96. The largest absolute Gasteiger partial charge is 0.0842 e. The Hall–Kier alpha value is -0.520. The topological polar surface area (TPSA) is 0 Å². The van der Waals surface area contributed by atoms with Crippen LogP contribution in [0.1, 0.15) is 52.4 Å². The summed E-state index contributed by atoms with van der Waals surface area (Å²) in [6.07, 6.45) is 14.8. The first-order valence-electron chi connectivity index (χ1n) is 5.74. The fourth-order valence-electron chi connectivity index (χ4n) is 2.06. The van der Waals surface area contributed by atoms with Crippen molar-refractivity contribution in [3.05, 3.63) is 23.8 Å². The van der Waals surface area contributed by atoms with Crippen molar-refractivity contribution in [3.63, 3.8) is 0 Å². The minimum Gasteiger partial charge on any atom is -0.0842 e. The van der Waals surface area contributed by atoms with Crippen LogP contribution in [0.2, 0.25) is 0 Å². The van der Waals surface area contributed by atoms with Crippen molar-refractivity contribution in [2.24, 2.45) is 5.92 Å². The quantitative estimate of drug-likeness (QED) is 0.582. The Labute approximate surface area is 82.7 Å². The highest BCUT2D eigenvalue weighted by Gasteiger charge is 2.11. The maximum Gasteiger partial charge on any atom is -0.0203 e. The van der Waals surface area contributed by atoms with Crippen LogP contribution in [0.5, 0.6) is 0 Å². The monoisotopic (exact) mass is 178 g/mol. The van der Waals surface area contributed by atoms with Crippen LogP contribution in [0.15, 0.2) is 23.8 Å². The summed E-state index contributed by atoms with van der Waals surface area (Å²) in [6, 6.07) is 0. The molecule has 0 saturated carbocycles. The van der Waals surface area contributed by atoms with Crippen molar-refractivity contribution in [2.75, 3.05) is 0 Å². The van der Waals surface area contributed by atoms with Gasteiger partial charge in [0.05, 0.1) is 0 Å². The zero-order valence-electron chi connectivity index (χ0n) is 9.05. The molecule has 1 atom stereocenters. The second kappa shape index (κ2) is 6.01. The number of allylic oxidation sites excluding steroid dienone is 4. The van der Waals surface area contributed by atoms with Gasteiger partial charge in [0.1, 0.15) is 0 Å². The van der Waals surface area contributed by atoms with Gasteiger partial charge >= 0.3 is 0 Å². The summed E-state index contributed by atoms with van der Waals surface area (Å²) in [7, 11) is 0. The average Bonchev–Trinajstić information content (AvgIpc) is 2.21. The van der Waals surface area contributed by atoms with E-state index in [1.165, 1.54) is 38.5 Å². The molecule has 1 unspecified atom stereocenters. The van der Waals surface area contributed by atoms with E-state index in [0.29, 0.717) is 0 Å². The van der Waals surface area contributed by atoms with E-state index in [1.54, 1.807) is 5.57 Å². The van der Waals surface area contributed by atoms with Crippen LogP contribution in [0, 0.1) is 5.92 Å². The fraction of sp³-hybridized carbons (Fsp3) is 0.692. The molecule has 0 aromatic carbocycles. The lowest BCUT2D eigenvalue weighted by molar-refractivity contribution is 0.499. The van der Waals surface area contributed by atoms with Gasteiger partial charge in [0.25, 0.3) is 0 Å². The predicted molar refractivity (Wildman–Crippen MR) is 59.8 cm³/mol. The molecule has 13 heavy (non-hydrogen) atoms. The third kappa shape index (κ3) is 3.38. The summed E-state index contributed by atoms with van der Waals surface area (Å²) in [6.45, 7) is 4.60. The van der Waals surface area contributed by atoms with Crippen LogP contribution in [-0.4, -0.2) is 0 Å². The molecule has 0 heteroatoms. The van der Waals surface area contributed by atoms with Crippen molar-refractivity contribution in [3.8, 4) is 0 Å². The Morgan fingerprint density at radius 1 is 1.38 bits per heavy atom. The molecule has 0 bridgehead atoms. The van der Waals surface area contributed by atoms with Crippen molar-refractivity contribution in [1.82, 2.24) is 0 Å². The van der Waals surface area contributed by atoms with Crippen LogP contribution in [-0.2, 0) is 0 Å². The Balaban J connectivity index is 2.44. The average molecular weight is 178 g/mol. The smallest absolute Gasteiger partial charge is 0.0203 e. The molecule has 1 aliphatic carbocycles. The molecule has 1 rings (SSSR count).